The first-order chi connectivity index (χ1) is 19.8. The van der Waals surface area contributed by atoms with Crippen LogP contribution in [-0.4, -0.2) is 54.4 Å². The summed E-state index contributed by atoms with van der Waals surface area (Å²) < 4.78 is 18.4. The maximum absolute atomic E-state index is 12.4. The highest BCUT2D eigenvalue weighted by Gasteiger charge is 2.32. The first-order valence-electron chi connectivity index (χ1n) is 13.0. The van der Waals surface area contributed by atoms with E-state index in [2.05, 4.69) is 27.2 Å². The van der Waals surface area contributed by atoms with Gasteiger partial charge in [-0.2, -0.15) is 10.4 Å². The Morgan fingerprint density at radius 3 is 2.76 bits per heavy atom. The number of urea groups is 1. The number of rotatable bonds is 11. The lowest BCUT2D eigenvalue weighted by atomic mass is 9.95. The van der Waals surface area contributed by atoms with Crippen LogP contribution in [0.1, 0.15) is 36.7 Å². The number of para-hydroxylation sites is 1. The van der Waals surface area contributed by atoms with Crippen molar-refractivity contribution in [3.63, 3.8) is 0 Å². The van der Waals surface area contributed by atoms with E-state index in [1.165, 1.54) is 7.11 Å². The maximum Gasteiger partial charge on any atom is 0.337 e. The summed E-state index contributed by atoms with van der Waals surface area (Å²) in [6, 6.07) is 13.7. The van der Waals surface area contributed by atoms with Crippen molar-refractivity contribution in [1.82, 2.24) is 20.6 Å². The number of hydrogen-bond donors (Lipinski definition) is 4. The predicted octanol–water partition coefficient (Wildman–Crippen LogP) is 2.99. The van der Waals surface area contributed by atoms with Gasteiger partial charge in [0.1, 0.15) is 13.2 Å². The number of nitrogens with one attached hydrogen (secondary N) is 3. The van der Waals surface area contributed by atoms with Gasteiger partial charge in [0.15, 0.2) is 17.7 Å². The molecule has 0 spiro atoms. The van der Waals surface area contributed by atoms with Gasteiger partial charge in [0.05, 0.1) is 37.6 Å². The number of aromatic nitrogens is 1. The number of aliphatic hydroxyl groups excluding tert-OH is 1. The van der Waals surface area contributed by atoms with Crippen LogP contribution in [0.4, 0.5) is 4.79 Å². The number of hydrogen-bond acceptors (Lipinski definition) is 9. The van der Waals surface area contributed by atoms with Gasteiger partial charge in [0.25, 0.3) is 0 Å². The minimum Gasteiger partial charge on any atom is -0.490 e. The van der Waals surface area contributed by atoms with E-state index in [4.69, 9.17) is 14.2 Å². The van der Waals surface area contributed by atoms with Gasteiger partial charge in [-0.05, 0) is 44.5 Å². The zero-order valence-electron chi connectivity index (χ0n) is 23.2. The number of allylic oxidation sites excluding steroid dienone is 1. The first kappa shape index (κ1) is 29.0. The third kappa shape index (κ3) is 6.26. The number of carbonyl (C=O) groups excluding carboxylic acids is 2. The van der Waals surface area contributed by atoms with E-state index in [1.807, 2.05) is 42.7 Å². The highest BCUT2D eigenvalue weighted by Crippen LogP contribution is 2.35. The Morgan fingerprint density at radius 1 is 1.24 bits per heavy atom. The largest absolute Gasteiger partial charge is 0.490 e. The lowest BCUT2D eigenvalue weighted by Gasteiger charge is -2.28. The van der Waals surface area contributed by atoms with Gasteiger partial charge >= 0.3 is 12.0 Å². The molecule has 0 saturated heterocycles. The van der Waals surface area contributed by atoms with E-state index in [0.29, 0.717) is 29.4 Å². The van der Waals surface area contributed by atoms with Crippen LogP contribution in [0.2, 0.25) is 0 Å². The van der Waals surface area contributed by atoms with Crippen LogP contribution in [0, 0.1) is 18.3 Å². The van der Waals surface area contributed by atoms with Crippen molar-refractivity contribution in [3.05, 3.63) is 70.6 Å². The number of aliphatic hydroxyl groups is 1. The molecule has 1 aliphatic rings. The van der Waals surface area contributed by atoms with Crippen molar-refractivity contribution in [1.29, 1.82) is 5.26 Å². The number of nitrogens with zero attached hydrogens (tertiary/aromatic N) is 3. The van der Waals surface area contributed by atoms with E-state index < -0.39 is 24.3 Å². The number of methoxy groups -OCH3 is 1. The number of amides is 2. The molecular formula is C29H32N6O6. The van der Waals surface area contributed by atoms with Crippen LogP contribution >= 0.6 is 0 Å². The summed E-state index contributed by atoms with van der Waals surface area (Å²) in [7, 11) is 1.27. The second-order valence-corrected chi connectivity index (χ2v) is 9.18. The number of hydrazone groups is 1. The van der Waals surface area contributed by atoms with E-state index >= 15 is 0 Å². The minimum absolute atomic E-state index is 0.150. The summed E-state index contributed by atoms with van der Waals surface area (Å²) in [6.07, 6.45) is 0.463. The number of fused-ring (bicyclic) bond motifs is 1. The zero-order valence-corrected chi connectivity index (χ0v) is 23.2. The summed E-state index contributed by atoms with van der Waals surface area (Å²) >= 11 is 0. The molecule has 0 saturated carbocycles. The summed E-state index contributed by atoms with van der Waals surface area (Å²) in [6.45, 7) is 5.75. The molecule has 0 unspecified atom stereocenters. The lowest BCUT2D eigenvalue weighted by molar-refractivity contribution is -0.136. The molecule has 1 aromatic heterocycles. The van der Waals surface area contributed by atoms with Crippen LogP contribution in [0.5, 0.6) is 11.5 Å². The van der Waals surface area contributed by atoms with Gasteiger partial charge < -0.3 is 34.5 Å². The molecule has 2 atom stereocenters. The van der Waals surface area contributed by atoms with Gasteiger partial charge in [0.2, 0.25) is 0 Å². The zero-order chi connectivity index (χ0) is 29.5. The number of carbonyl (C=O) groups is 2. The molecule has 2 heterocycles. The molecule has 0 aliphatic carbocycles. The van der Waals surface area contributed by atoms with E-state index in [-0.39, 0.29) is 18.7 Å². The number of ether oxygens (including phenoxy) is 3. The van der Waals surface area contributed by atoms with Crippen molar-refractivity contribution in [2.45, 2.75) is 39.6 Å². The molecule has 41 heavy (non-hydrogen) atoms. The summed E-state index contributed by atoms with van der Waals surface area (Å²) in [4.78, 5) is 24.6. The Bertz CT molecular complexity index is 1550. The Hall–Kier alpha value is -5.02. The fraction of sp³-hybridized carbons (Fsp3) is 0.310. The van der Waals surface area contributed by atoms with Crippen molar-refractivity contribution < 1.29 is 28.9 Å². The minimum atomic E-state index is -1.15. The van der Waals surface area contributed by atoms with Gasteiger partial charge in [-0.25, -0.2) is 9.59 Å². The topological polar surface area (TPSA) is 159 Å². The molecule has 12 heteroatoms. The molecule has 0 bridgehead atoms. The van der Waals surface area contributed by atoms with Crippen LogP contribution in [0.3, 0.4) is 0 Å². The van der Waals surface area contributed by atoms with Crippen molar-refractivity contribution >= 4 is 29.1 Å². The number of nitriles is 1. The van der Waals surface area contributed by atoms with E-state index in [0.717, 1.165) is 22.2 Å². The molecule has 214 valence electrons. The normalized spacial score (nSPS) is 15.7. The van der Waals surface area contributed by atoms with Gasteiger partial charge in [-0.15, -0.1) is 0 Å². The molecule has 0 fully saturated rings. The first-order valence-corrected chi connectivity index (χ1v) is 13.0. The van der Waals surface area contributed by atoms with Crippen molar-refractivity contribution in [2.24, 2.45) is 5.10 Å². The molecule has 2 aromatic carbocycles. The Labute approximate surface area is 237 Å². The van der Waals surface area contributed by atoms with Gasteiger partial charge in [0, 0.05) is 27.9 Å². The third-order valence-electron chi connectivity index (χ3n) is 6.60. The second kappa shape index (κ2) is 12.9. The van der Waals surface area contributed by atoms with Crippen LogP contribution < -0.4 is 25.5 Å². The molecule has 12 nitrogen and oxygen atoms in total. The average Bonchev–Trinajstić information content (AvgIpc) is 3.22. The summed E-state index contributed by atoms with van der Waals surface area (Å²) in [5.41, 5.74) is 6.56. The van der Waals surface area contributed by atoms with Gasteiger partial charge in [-0.3, -0.25) is 5.43 Å². The SMILES string of the molecule is CCOc1cc([C@H]2NC(=O)NC(C)=C2C(=O)OC)ccc1OC[C@H](O)N/N=C/c1c(C)n(CC#N)c2ccccc12. The molecule has 1 aliphatic heterocycles. The van der Waals surface area contributed by atoms with Crippen molar-refractivity contribution in [2.75, 3.05) is 20.3 Å². The fourth-order valence-corrected chi connectivity index (χ4v) is 4.71. The molecule has 2 amide bonds. The standard InChI is InChI=1S/C29H32N6O6/c1-5-40-24-14-19(27-26(28(37)39-4)17(2)32-29(38)33-27)10-11-23(24)41-16-25(36)34-31-15-21-18(3)35(13-12-30)22-9-7-6-8-20(21)22/h6-11,14-15,25,27,34,36H,5,13,16H2,1-4H3,(H2,32,33,38)/b31-15+/t25-,27+/m0/s1. The van der Waals surface area contributed by atoms with Gasteiger partial charge in [-0.1, -0.05) is 24.3 Å². The smallest absolute Gasteiger partial charge is 0.337 e. The van der Waals surface area contributed by atoms with Crippen LogP contribution in [0.15, 0.2) is 58.8 Å². The third-order valence-corrected chi connectivity index (χ3v) is 6.60. The Morgan fingerprint density at radius 2 is 2.02 bits per heavy atom. The van der Waals surface area contributed by atoms with Crippen molar-refractivity contribution in [3.8, 4) is 17.6 Å². The number of esters is 1. The summed E-state index contributed by atoms with van der Waals surface area (Å²) in [5.74, 6) is 0.158. The highest BCUT2D eigenvalue weighted by atomic mass is 16.5. The molecule has 4 rings (SSSR count). The molecule has 0 radical (unpaired) electrons. The Balaban J connectivity index is 1.47. The second-order valence-electron chi connectivity index (χ2n) is 9.18. The predicted molar refractivity (Wildman–Crippen MR) is 151 cm³/mol. The summed E-state index contributed by atoms with van der Waals surface area (Å²) in [5, 5.41) is 30.1. The monoisotopic (exact) mass is 560 g/mol. The fourth-order valence-electron chi connectivity index (χ4n) is 4.71. The molecule has 4 N–H and O–H groups in total. The number of benzene rings is 2. The quantitative estimate of drug-likeness (QED) is 0.121. The van der Waals surface area contributed by atoms with Crippen LogP contribution in [-0.2, 0) is 16.1 Å². The Kier molecular flexibility index (Phi) is 9.11. The lowest BCUT2D eigenvalue weighted by Crippen LogP contribution is -2.45. The van der Waals surface area contributed by atoms with Crippen LogP contribution in [0.25, 0.3) is 10.9 Å². The van der Waals surface area contributed by atoms with E-state index in [9.17, 15) is 20.0 Å². The van der Waals surface area contributed by atoms with E-state index in [1.54, 1.807) is 31.3 Å². The molecular weight excluding hydrogens is 528 g/mol. The average molecular weight is 561 g/mol. The maximum atomic E-state index is 12.4. The highest BCUT2D eigenvalue weighted by molar-refractivity contribution is 6.01. The molecule has 3 aromatic rings.